The van der Waals surface area contributed by atoms with E-state index in [1.807, 2.05) is 6.07 Å². The molecule has 1 aromatic carbocycles. The lowest BCUT2D eigenvalue weighted by Crippen LogP contribution is -2.53. The van der Waals surface area contributed by atoms with Crippen molar-refractivity contribution in [2.24, 2.45) is 10.9 Å². The number of nitrogens with zero attached hydrogens (tertiary/aromatic N) is 2. The summed E-state index contributed by atoms with van der Waals surface area (Å²) in [6.45, 7) is 12.2. The summed E-state index contributed by atoms with van der Waals surface area (Å²) in [5.41, 5.74) is 0.742. The largest absolute Gasteiger partial charge is 0.508 e. The molecule has 29 heavy (non-hydrogen) atoms. The minimum Gasteiger partial charge on any atom is -0.508 e. The molecule has 1 fully saturated rings. The molecule has 7 heteroatoms. The van der Waals surface area contributed by atoms with Gasteiger partial charge in [0.25, 0.3) is 0 Å². The van der Waals surface area contributed by atoms with E-state index in [1.165, 1.54) is 0 Å². The van der Waals surface area contributed by atoms with Crippen molar-refractivity contribution in [3.63, 3.8) is 0 Å². The summed E-state index contributed by atoms with van der Waals surface area (Å²) >= 11 is 0. The Morgan fingerprint density at radius 1 is 1.21 bits per heavy atom. The number of hydrogen-bond donors (Lipinski definition) is 3. The molecule has 1 aromatic rings. The Morgan fingerprint density at radius 2 is 1.93 bits per heavy atom. The fourth-order valence-corrected chi connectivity index (χ4v) is 3.86. The van der Waals surface area contributed by atoms with E-state index in [4.69, 9.17) is 9.47 Å². The third-order valence-corrected chi connectivity index (χ3v) is 5.62. The Hall–Kier alpha value is -1.99. The van der Waals surface area contributed by atoms with Crippen LogP contribution in [0.15, 0.2) is 23.2 Å². The van der Waals surface area contributed by atoms with E-state index >= 15 is 0 Å². The highest BCUT2D eigenvalue weighted by Crippen LogP contribution is 2.23. The molecule has 1 atom stereocenters. The van der Waals surface area contributed by atoms with Crippen LogP contribution in [-0.4, -0.2) is 68.5 Å². The SMILES string of the molecule is CCNC(=NCc1cc(OC)ccc1O)NCC(C(CC)CC)N1CCOCC1. The number of benzene rings is 1. The zero-order chi connectivity index (χ0) is 21.1. The molecule has 0 saturated carbocycles. The van der Waals surface area contributed by atoms with Gasteiger partial charge in [0.1, 0.15) is 11.5 Å². The van der Waals surface area contributed by atoms with Gasteiger partial charge in [0.2, 0.25) is 0 Å². The number of hydrogen-bond acceptors (Lipinski definition) is 5. The number of phenolic OH excluding ortho intramolecular Hbond substituents is 1. The minimum atomic E-state index is 0.230. The predicted molar refractivity (Wildman–Crippen MR) is 118 cm³/mol. The summed E-state index contributed by atoms with van der Waals surface area (Å²) in [6, 6.07) is 5.66. The smallest absolute Gasteiger partial charge is 0.191 e. The number of aliphatic imine (C=N–C) groups is 1. The molecule has 1 heterocycles. The van der Waals surface area contributed by atoms with Gasteiger partial charge in [-0.3, -0.25) is 4.90 Å². The van der Waals surface area contributed by atoms with Crippen LogP contribution in [0.25, 0.3) is 0 Å². The number of nitrogens with one attached hydrogen (secondary N) is 2. The Bertz CT molecular complexity index is 628. The molecule has 1 aliphatic rings. The molecular weight excluding hydrogens is 368 g/mol. The number of morpholine rings is 1. The maximum atomic E-state index is 10.1. The highest BCUT2D eigenvalue weighted by atomic mass is 16.5. The maximum Gasteiger partial charge on any atom is 0.191 e. The molecule has 0 radical (unpaired) electrons. The van der Waals surface area contributed by atoms with Gasteiger partial charge < -0.3 is 25.2 Å². The van der Waals surface area contributed by atoms with Crippen LogP contribution in [0.4, 0.5) is 0 Å². The van der Waals surface area contributed by atoms with Gasteiger partial charge >= 0.3 is 0 Å². The van der Waals surface area contributed by atoms with Gasteiger partial charge in [0, 0.05) is 37.8 Å². The summed E-state index contributed by atoms with van der Waals surface area (Å²) in [6.07, 6.45) is 2.32. The molecule has 1 saturated heterocycles. The second-order valence-corrected chi connectivity index (χ2v) is 7.36. The quantitative estimate of drug-likeness (QED) is 0.410. The summed E-state index contributed by atoms with van der Waals surface area (Å²) < 4.78 is 10.8. The van der Waals surface area contributed by atoms with Crippen LogP contribution in [0.2, 0.25) is 0 Å². The van der Waals surface area contributed by atoms with Gasteiger partial charge in [-0.15, -0.1) is 0 Å². The molecule has 0 aliphatic carbocycles. The van der Waals surface area contributed by atoms with Gasteiger partial charge in [0.15, 0.2) is 5.96 Å². The topological polar surface area (TPSA) is 78.4 Å². The van der Waals surface area contributed by atoms with Crippen molar-refractivity contribution in [1.29, 1.82) is 0 Å². The van der Waals surface area contributed by atoms with Crippen molar-refractivity contribution in [1.82, 2.24) is 15.5 Å². The number of guanidine groups is 1. The van der Waals surface area contributed by atoms with Crippen molar-refractivity contribution >= 4 is 5.96 Å². The van der Waals surface area contributed by atoms with Crippen LogP contribution in [-0.2, 0) is 11.3 Å². The van der Waals surface area contributed by atoms with Crippen LogP contribution in [0.5, 0.6) is 11.5 Å². The first-order chi connectivity index (χ1) is 14.1. The molecule has 164 valence electrons. The maximum absolute atomic E-state index is 10.1. The highest BCUT2D eigenvalue weighted by Gasteiger charge is 2.27. The average molecular weight is 407 g/mol. The van der Waals surface area contributed by atoms with E-state index in [1.54, 1.807) is 19.2 Å². The first kappa shape index (κ1) is 23.3. The third kappa shape index (κ3) is 7.08. The fraction of sp³-hybridized carbons (Fsp3) is 0.682. The van der Waals surface area contributed by atoms with E-state index in [2.05, 4.69) is 41.3 Å². The number of phenols is 1. The lowest BCUT2D eigenvalue weighted by molar-refractivity contribution is 0.00272. The van der Waals surface area contributed by atoms with E-state index < -0.39 is 0 Å². The molecule has 7 nitrogen and oxygen atoms in total. The van der Waals surface area contributed by atoms with Gasteiger partial charge in [-0.1, -0.05) is 26.7 Å². The van der Waals surface area contributed by atoms with Crippen LogP contribution < -0.4 is 15.4 Å². The van der Waals surface area contributed by atoms with E-state index in [0.29, 0.717) is 24.3 Å². The Morgan fingerprint density at radius 3 is 2.55 bits per heavy atom. The van der Waals surface area contributed by atoms with Crippen LogP contribution in [0.1, 0.15) is 39.2 Å². The van der Waals surface area contributed by atoms with Crippen LogP contribution >= 0.6 is 0 Å². The minimum absolute atomic E-state index is 0.230. The first-order valence-electron chi connectivity index (χ1n) is 10.8. The molecular formula is C22H38N4O3. The van der Waals surface area contributed by atoms with Crippen molar-refractivity contribution in [2.45, 2.75) is 46.2 Å². The Balaban J connectivity index is 2.07. The van der Waals surface area contributed by atoms with Crippen molar-refractivity contribution < 1.29 is 14.6 Å². The van der Waals surface area contributed by atoms with E-state index in [9.17, 15) is 5.11 Å². The molecule has 0 aromatic heterocycles. The van der Waals surface area contributed by atoms with Crippen molar-refractivity contribution in [2.75, 3.05) is 46.5 Å². The summed E-state index contributed by atoms with van der Waals surface area (Å²) in [5, 5.41) is 17.0. The van der Waals surface area contributed by atoms with E-state index in [0.717, 1.165) is 63.8 Å². The molecule has 2 rings (SSSR count). The highest BCUT2D eigenvalue weighted by molar-refractivity contribution is 5.79. The first-order valence-corrected chi connectivity index (χ1v) is 10.8. The lowest BCUT2D eigenvalue weighted by atomic mass is 9.92. The van der Waals surface area contributed by atoms with Gasteiger partial charge in [-0.05, 0) is 31.0 Å². The second-order valence-electron chi connectivity index (χ2n) is 7.36. The normalized spacial score (nSPS) is 16.7. The summed E-state index contributed by atoms with van der Waals surface area (Å²) in [7, 11) is 1.62. The molecule has 0 spiro atoms. The van der Waals surface area contributed by atoms with Gasteiger partial charge in [0.05, 0.1) is 26.9 Å². The second kappa shape index (κ2) is 12.5. The van der Waals surface area contributed by atoms with Crippen molar-refractivity contribution in [3.05, 3.63) is 23.8 Å². The predicted octanol–water partition coefficient (Wildman–Crippen LogP) is 2.59. The molecule has 3 N–H and O–H groups in total. The third-order valence-electron chi connectivity index (χ3n) is 5.62. The number of aromatic hydroxyl groups is 1. The molecule has 1 unspecified atom stereocenters. The van der Waals surface area contributed by atoms with Crippen LogP contribution in [0, 0.1) is 5.92 Å². The number of rotatable bonds is 10. The Labute approximate surface area is 175 Å². The standard InChI is InChI=1S/C22H38N4O3/c1-5-17(6-2)20(26-10-12-29-13-11-26)16-25-22(23-7-3)24-15-18-14-19(28-4)8-9-21(18)27/h8-9,14,17,20,27H,5-7,10-13,15-16H2,1-4H3,(H2,23,24,25). The monoisotopic (exact) mass is 406 g/mol. The number of methoxy groups -OCH3 is 1. The van der Waals surface area contributed by atoms with Crippen LogP contribution in [0.3, 0.4) is 0 Å². The van der Waals surface area contributed by atoms with E-state index in [-0.39, 0.29) is 5.75 Å². The molecule has 0 amide bonds. The lowest BCUT2D eigenvalue weighted by Gasteiger charge is -2.39. The fourth-order valence-electron chi connectivity index (χ4n) is 3.86. The zero-order valence-corrected chi connectivity index (χ0v) is 18.4. The zero-order valence-electron chi connectivity index (χ0n) is 18.4. The summed E-state index contributed by atoms with van der Waals surface area (Å²) in [4.78, 5) is 7.23. The molecule has 0 bridgehead atoms. The molecule has 1 aliphatic heterocycles. The number of ether oxygens (including phenoxy) is 2. The van der Waals surface area contributed by atoms with Gasteiger partial charge in [-0.2, -0.15) is 0 Å². The van der Waals surface area contributed by atoms with Gasteiger partial charge in [-0.25, -0.2) is 4.99 Å². The average Bonchev–Trinajstić information content (AvgIpc) is 2.76. The summed E-state index contributed by atoms with van der Waals surface area (Å²) in [5.74, 6) is 2.34. The Kier molecular flexibility index (Phi) is 10.1. The van der Waals surface area contributed by atoms with Crippen molar-refractivity contribution in [3.8, 4) is 11.5 Å².